The van der Waals surface area contributed by atoms with Crippen molar-refractivity contribution in [2.75, 3.05) is 61.7 Å². The smallest absolute Gasteiger partial charge is 0.351 e. The summed E-state index contributed by atoms with van der Waals surface area (Å²) in [5.41, 5.74) is 26.2. The lowest BCUT2D eigenvalue weighted by Gasteiger charge is -2.28. The van der Waals surface area contributed by atoms with Gasteiger partial charge in [-0.2, -0.15) is 19.9 Å². The molecule has 6 aromatic rings. The lowest BCUT2D eigenvalue weighted by molar-refractivity contribution is -0.0569. The monoisotopic (exact) mass is 1550 g/mol. The minimum absolute atomic E-state index is 0.0193. The Kier molecular flexibility index (Phi) is 23.3. The molecule has 5 saturated heterocycles. The van der Waals surface area contributed by atoms with E-state index in [9.17, 15) is 48.8 Å². The maximum Gasteiger partial charge on any atom is 0.351 e. The third-order valence-electron chi connectivity index (χ3n) is 15.4. The Bertz CT molecular complexity index is 4360. The van der Waals surface area contributed by atoms with Gasteiger partial charge in [-0.3, -0.25) is 22.8 Å². The average Bonchev–Trinajstić information content (AvgIpc) is 1.65. The van der Waals surface area contributed by atoms with Crippen LogP contribution in [0.5, 0.6) is 0 Å². The quantitative estimate of drug-likeness (QED) is 0.0250. The van der Waals surface area contributed by atoms with E-state index in [0.717, 1.165) is 18.3 Å². The van der Waals surface area contributed by atoms with Gasteiger partial charge >= 0.3 is 49.6 Å². The molecule has 0 amide bonds. The van der Waals surface area contributed by atoms with Crippen LogP contribution in [0.4, 0.5) is 29.1 Å². The van der Waals surface area contributed by atoms with E-state index in [1.807, 2.05) is 0 Å². The summed E-state index contributed by atoms with van der Waals surface area (Å²) in [5, 5.41) is 10.2. The standard InChI is InChI=1S/C46H62N17O24P5S5/c47-31-1-5-59(43(65)55-31)35-9-21(83-88(69)93)27(79-35)15-74-90(71,95)85-23-11-37(61-7-3-33(49)57-45(61)67)81-29(23)17-76-92(73,97)87-25-13-39(63-20-54-40-41(51)52-19-53-42(40)63)82-30(25)18-77-91(72,96)86-24-12-38(62-8-4-34(50)58-46(62)68)80-28(24)16-75-89(70,94)84-22-10-36(78-26(22)14-64)60-6-2-32(48)56-44(60)66/h1-8,19-30,35-39,64,88H,9-18H2,(H,69,93)(H,70,94)(H,71,95)(H,72,96)(H,73,97)(H2,47,55,65)(H2,48,56,66)(H2,49,57,67)(H2,50,58,68)(H2,51,52,53). The van der Waals surface area contributed by atoms with Crippen LogP contribution in [0, 0.1) is 0 Å². The second kappa shape index (κ2) is 30.6. The Balaban J connectivity index is 0.780. The summed E-state index contributed by atoms with van der Waals surface area (Å²) in [4.78, 5) is 136. The van der Waals surface area contributed by atoms with Crippen LogP contribution in [-0.2, 0) is 123 Å². The van der Waals surface area contributed by atoms with Gasteiger partial charge in [0.25, 0.3) is 0 Å². The summed E-state index contributed by atoms with van der Waals surface area (Å²) in [6.07, 6.45) is -10.5. The normalized spacial score (nSPS) is 30.3. The van der Waals surface area contributed by atoms with Crippen molar-refractivity contribution in [3.8, 4) is 0 Å². The molecule has 51 heteroatoms. The van der Waals surface area contributed by atoms with E-state index in [1.165, 1.54) is 66.3 Å². The van der Waals surface area contributed by atoms with Crippen molar-refractivity contribution in [3.05, 3.63) is 104 Å². The predicted octanol–water partition coefficient (Wildman–Crippen LogP) is -1.45. The molecule has 0 bridgehead atoms. The van der Waals surface area contributed by atoms with Crippen molar-refractivity contribution >= 4 is 133 Å². The van der Waals surface area contributed by atoms with E-state index in [4.69, 9.17) is 152 Å². The number of aromatic nitrogens is 12. The number of rotatable bonds is 28. The average molecular weight is 1550 g/mol. The number of imidazole rings is 1. The van der Waals surface area contributed by atoms with Crippen molar-refractivity contribution in [1.82, 2.24) is 57.7 Å². The van der Waals surface area contributed by atoms with Gasteiger partial charge in [0.15, 0.2) is 18.6 Å². The van der Waals surface area contributed by atoms with Crippen LogP contribution >= 0.6 is 34.0 Å². The SMILES string of the molecule is Nc1ccn(C2CC(O[PH](O)=S)C(COP(O)(=S)OC3CC(n4ccc(N)nc4=O)OC3COP(O)(=S)OC3CC(n4cnc5c(N)ncnc54)OC3COP(O)(=S)OC3CC(n4ccc(N)nc4=O)OC3COP(O)(=S)OC3CC(n4ccc(N)nc4=O)OC3CO)O2)c(=O)n1. The third kappa shape index (κ3) is 18.2. The molecule has 0 aromatic carbocycles. The lowest BCUT2D eigenvalue weighted by Crippen LogP contribution is -2.32. The Hall–Kier alpha value is -4.48. The fourth-order valence-electron chi connectivity index (χ4n) is 11.0. The summed E-state index contributed by atoms with van der Waals surface area (Å²) < 4.78 is 89.6. The van der Waals surface area contributed by atoms with E-state index < -0.39 is 182 Å². The van der Waals surface area contributed by atoms with E-state index in [0.29, 0.717) is 0 Å². The van der Waals surface area contributed by atoms with Crippen LogP contribution in [-0.4, -0.2) is 181 Å². The van der Waals surface area contributed by atoms with Crippen LogP contribution in [0.3, 0.4) is 0 Å². The van der Waals surface area contributed by atoms with Gasteiger partial charge in [0, 0.05) is 56.9 Å². The van der Waals surface area contributed by atoms with Crippen LogP contribution in [0.25, 0.3) is 11.2 Å². The number of aliphatic hydroxyl groups is 1. The fourth-order valence-corrected chi connectivity index (χ4v) is 17.7. The molecule has 11 heterocycles. The molecule has 0 spiro atoms. The molecular formula is C46H62N17O24P5S5. The van der Waals surface area contributed by atoms with Crippen molar-refractivity contribution in [2.24, 2.45) is 0 Å². The van der Waals surface area contributed by atoms with Gasteiger partial charge in [-0.25, -0.2) is 34.1 Å². The highest BCUT2D eigenvalue weighted by Crippen LogP contribution is 2.55. The molecule has 16 N–H and O–H groups in total. The number of nitrogens with zero attached hydrogens (tertiary/aromatic N) is 12. The minimum atomic E-state index is -4.53. The molecule has 5 fully saturated rings. The van der Waals surface area contributed by atoms with Gasteiger partial charge in [-0.15, -0.1) is 0 Å². The Morgan fingerprint density at radius 3 is 1.09 bits per heavy atom. The van der Waals surface area contributed by atoms with E-state index in [-0.39, 0.29) is 72.4 Å². The number of hydrogen-bond acceptors (Lipinski definition) is 36. The predicted molar refractivity (Wildman–Crippen MR) is 353 cm³/mol. The summed E-state index contributed by atoms with van der Waals surface area (Å²) in [6, 6.07) is 5.38. The summed E-state index contributed by atoms with van der Waals surface area (Å²) >= 11 is 26.9. The first kappa shape index (κ1) is 73.7. The van der Waals surface area contributed by atoms with Crippen LogP contribution in [0.15, 0.2) is 80.9 Å². The van der Waals surface area contributed by atoms with Gasteiger partial charge in [0.05, 0.1) is 69.9 Å². The molecule has 20 atom stereocenters. The number of anilines is 5. The maximum atomic E-state index is 13.1. The molecule has 41 nitrogen and oxygen atoms in total. The van der Waals surface area contributed by atoms with E-state index in [2.05, 4.69) is 34.9 Å². The van der Waals surface area contributed by atoms with Crippen molar-refractivity contribution in [2.45, 2.75) is 124 Å². The number of nitrogens with two attached hydrogens (primary N) is 5. The largest absolute Gasteiger partial charge is 0.394 e. The minimum Gasteiger partial charge on any atom is -0.394 e. The molecule has 11 rings (SSSR count). The molecular weight excluding hydrogens is 1490 g/mol. The number of fused-ring (bicyclic) bond motifs is 1. The maximum absolute atomic E-state index is 13.1. The van der Waals surface area contributed by atoms with Crippen molar-refractivity contribution in [3.63, 3.8) is 0 Å². The Labute approximate surface area is 571 Å². The zero-order valence-corrected chi connectivity index (χ0v) is 58.3. The first-order valence-corrected chi connectivity index (χ1v) is 41.5. The molecule has 0 radical (unpaired) electrons. The Morgan fingerprint density at radius 1 is 0.474 bits per heavy atom. The highest BCUT2D eigenvalue weighted by Gasteiger charge is 2.48. The molecule has 530 valence electrons. The first-order chi connectivity index (χ1) is 45.9. The van der Waals surface area contributed by atoms with E-state index in [1.54, 1.807) is 0 Å². The Morgan fingerprint density at radius 2 is 0.773 bits per heavy atom. The number of aliphatic hydroxyl groups excluding tert-OH is 1. The zero-order valence-electron chi connectivity index (χ0n) is 49.6. The third-order valence-corrected chi connectivity index (χ3v) is 22.5. The fraction of sp³-hybridized carbons (Fsp3) is 0.543. The lowest BCUT2D eigenvalue weighted by atomic mass is 10.2. The molecule has 5 aliphatic rings. The van der Waals surface area contributed by atoms with Crippen LogP contribution in [0.2, 0.25) is 0 Å². The molecule has 0 saturated carbocycles. The van der Waals surface area contributed by atoms with Gasteiger partial charge in [0.2, 0.25) is 0 Å². The molecule has 5 aliphatic heterocycles. The number of nitrogen functional groups attached to an aromatic ring is 5. The molecule has 20 unspecified atom stereocenters. The molecule has 6 aromatic heterocycles. The second-order valence-corrected chi connectivity index (χ2v) is 34.8. The summed E-state index contributed by atoms with van der Waals surface area (Å²) in [6.45, 7) is -20.9. The van der Waals surface area contributed by atoms with Crippen LogP contribution < -0.4 is 51.4 Å². The highest BCUT2D eigenvalue weighted by atomic mass is 32.5. The topological polar surface area (TPSA) is 564 Å². The first-order valence-electron chi connectivity index (χ1n) is 28.6. The van der Waals surface area contributed by atoms with Gasteiger partial charge in [-0.1, -0.05) is 0 Å². The van der Waals surface area contributed by atoms with Crippen molar-refractivity contribution < 1.29 is 94.0 Å². The highest BCUT2D eigenvalue weighted by molar-refractivity contribution is 8.08. The molecule has 97 heavy (non-hydrogen) atoms. The zero-order chi connectivity index (χ0) is 69.5. The van der Waals surface area contributed by atoms with Gasteiger partial charge in [-0.05, 0) is 83.3 Å². The van der Waals surface area contributed by atoms with Gasteiger partial charge in [0.1, 0.15) is 96.8 Å². The summed E-state index contributed by atoms with van der Waals surface area (Å²) in [5.74, 6) is -0.251. The van der Waals surface area contributed by atoms with Crippen LogP contribution in [0.1, 0.15) is 63.2 Å². The number of hydrogen-bond donors (Lipinski definition) is 11. The summed E-state index contributed by atoms with van der Waals surface area (Å²) in [7, 11) is -2.76. The second-order valence-electron chi connectivity index (χ2n) is 21.8. The van der Waals surface area contributed by atoms with E-state index >= 15 is 0 Å². The van der Waals surface area contributed by atoms with Gasteiger partial charge < -0.3 is 123 Å². The van der Waals surface area contributed by atoms with Crippen molar-refractivity contribution in [1.29, 1.82) is 0 Å². The number of ether oxygens (including phenoxy) is 5. The molecule has 0 aliphatic carbocycles.